The minimum Gasteiger partial charge on any atom is -0.474 e. The first-order valence-electron chi connectivity index (χ1n) is 22.4. The van der Waals surface area contributed by atoms with Crippen LogP contribution in [0.1, 0.15) is 68.8 Å². The molecule has 1 atom stereocenters. The van der Waals surface area contributed by atoms with Crippen molar-refractivity contribution in [1.82, 2.24) is 19.6 Å². The summed E-state index contributed by atoms with van der Waals surface area (Å²) in [5.74, 6) is -0.572. The van der Waals surface area contributed by atoms with E-state index in [1.807, 2.05) is 48.2 Å². The number of amides is 1. The number of allylic oxidation sites excluding steroid dienone is 1. The minimum absolute atomic E-state index is 0.0459. The fourth-order valence-electron chi connectivity index (χ4n) is 9.50. The summed E-state index contributed by atoms with van der Waals surface area (Å²) in [5, 5.41) is 16.5. The standard InChI is InChI=1S/C48H54ClFN8O7S/c1-31-29-65-46-43(24-33-13-17-51-44(33)53-46)57(31)41-25-36(56-20-18-55(19-21-56)28-34-12-14-47(2,3)27-39(34)32-4-6-35(49)7-5-32)8-10-38(41)45(59)54-66(62,63)37-9-11-40(42(26-37)58(60)61)52-30-48(50)15-22-64-23-16-48/h4-11,13,17,24-26,31,52H,12,14-16,18-23,27-30H2,1-3H3,(H,51,53)(H,54,59). The molecule has 0 spiro atoms. The van der Waals surface area contributed by atoms with E-state index in [1.54, 1.807) is 12.3 Å². The maximum Gasteiger partial charge on any atom is 0.293 e. The number of ether oxygens (including phenoxy) is 2. The van der Waals surface area contributed by atoms with E-state index in [0.717, 1.165) is 80.2 Å². The molecule has 0 radical (unpaired) electrons. The Balaban J connectivity index is 0.991. The first-order valence-corrected chi connectivity index (χ1v) is 24.3. The number of H-pyrrole nitrogens is 1. The number of aromatic nitrogens is 2. The van der Waals surface area contributed by atoms with Crippen molar-refractivity contribution in [1.29, 1.82) is 0 Å². The number of nitro benzene ring substituents is 1. The van der Waals surface area contributed by atoms with Crippen LogP contribution >= 0.6 is 11.6 Å². The Labute approximate surface area is 388 Å². The zero-order chi connectivity index (χ0) is 46.4. The van der Waals surface area contributed by atoms with E-state index in [0.29, 0.717) is 22.9 Å². The van der Waals surface area contributed by atoms with Crippen molar-refractivity contribution < 1.29 is 32.0 Å². The molecule has 5 heterocycles. The molecule has 15 nitrogen and oxygen atoms in total. The van der Waals surface area contributed by atoms with Crippen molar-refractivity contribution >= 4 is 72.6 Å². The summed E-state index contributed by atoms with van der Waals surface area (Å²) in [4.78, 5) is 39.9. The van der Waals surface area contributed by atoms with Crippen LogP contribution in [-0.2, 0) is 14.8 Å². The first kappa shape index (κ1) is 45.4. The zero-order valence-corrected chi connectivity index (χ0v) is 38.8. The van der Waals surface area contributed by atoms with Crippen molar-refractivity contribution in [2.75, 3.05) is 74.2 Å². The van der Waals surface area contributed by atoms with Gasteiger partial charge in [-0.2, -0.15) is 4.98 Å². The summed E-state index contributed by atoms with van der Waals surface area (Å²) in [6, 6.07) is 20.3. The van der Waals surface area contributed by atoms with Crippen LogP contribution in [0.15, 0.2) is 89.5 Å². The molecule has 3 aliphatic heterocycles. The number of alkyl halides is 1. The number of nitro groups is 1. The van der Waals surface area contributed by atoms with Gasteiger partial charge in [0, 0.05) is 93.7 Å². The molecule has 1 unspecified atom stereocenters. The molecule has 9 rings (SSSR count). The molecular formula is C48H54ClFN8O7S. The number of pyridine rings is 1. The van der Waals surface area contributed by atoms with Crippen LogP contribution in [0.5, 0.6) is 5.88 Å². The highest BCUT2D eigenvalue weighted by molar-refractivity contribution is 7.90. The summed E-state index contributed by atoms with van der Waals surface area (Å²) in [6.07, 6.45) is 5.19. The van der Waals surface area contributed by atoms with Gasteiger partial charge in [-0.3, -0.25) is 19.8 Å². The molecule has 4 aliphatic rings. The summed E-state index contributed by atoms with van der Waals surface area (Å²) >= 11 is 6.27. The number of piperazine rings is 1. The highest BCUT2D eigenvalue weighted by Gasteiger charge is 2.36. The van der Waals surface area contributed by atoms with E-state index in [1.165, 1.54) is 22.8 Å². The first-order chi connectivity index (χ1) is 31.5. The lowest BCUT2D eigenvalue weighted by Gasteiger charge is -2.40. The van der Waals surface area contributed by atoms with Crippen LogP contribution in [0.3, 0.4) is 0 Å². The van der Waals surface area contributed by atoms with Crippen molar-refractivity contribution in [2.45, 2.75) is 69.5 Å². The van der Waals surface area contributed by atoms with Gasteiger partial charge in [0.25, 0.3) is 21.6 Å². The number of anilines is 4. The van der Waals surface area contributed by atoms with Gasteiger partial charge in [0.15, 0.2) is 0 Å². The van der Waals surface area contributed by atoms with E-state index in [-0.39, 0.29) is 61.9 Å². The van der Waals surface area contributed by atoms with Gasteiger partial charge >= 0.3 is 0 Å². The van der Waals surface area contributed by atoms with Gasteiger partial charge in [-0.1, -0.05) is 43.2 Å². The van der Waals surface area contributed by atoms with Gasteiger partial charge in [-0.05, 0) is 97.3 Å². The monoisotopic (exact) mass is 940 g/mol. The number of benzene rings is 3. The predicted octanol–water partition coefficient (Wildman–Crippen LogP) is 8.88. The quantitative estimate of drug-likeness (QED) is 0.0802. The fourth-order valence-corrected chi connectivity index (χ4v) is 10.6. The predicted molar refractivity (Wildman–Crippen MR) is 254 cm³/mol. The number of hydrogen-bond donors (Lipinski definition) is 3. The number of nitrogens with one attached hydrogen (secondary N) is 3. The molecule has 2 fully saturated rings. The van der Waals surface area contributed by atoms with E-state index in [4.69, 9.17) is 26.1 Å². The number of rotatable bonds is 12. The molecule has 5 aromatic rings. The molecule has 66 heavy (non-hydrogen) atoms. The Morgan fingerprint density at radius 1 is 1.00 bits per heavy atom. The lowest BCUT2D eigenvalue weighted by atomic mass is 9.72. The number of carbonyl (C=O) groups is 1. The van der Waals surface area contributed by atoms with Crippen LogP contribution in [0.2, 0.25) is 5.02 Å². The Bertz CT molecular complexity index is 2800. The lowest BCUT2D eigenvalue weighted by molar-refractivity contribution is -0.384. The van der Waals surface area contributed by atoms with Gasteiger partial charge in [0.1, 0.15) is 29.3 Å². The number of nitrogens with zero attached hydrogens (tertiary/aromatic N) is 5. The zero-order valence-electron chi connectivity index (χ0n) is 37.2. The highest BCUT2D eigenvalue weighted by atomic mass is 35.5. The van der Waals surface area contributed by atoms with Gasteiger partial charge in [0.05, 0.1) is 27.1 Å². The third-order valence-corrected chi connectivity index (χ3v) is 14.9. The van der Waals surface area contributed by atoms with Crippen LogP contribution < -0.4 is 24.6 Å². The molecular weight excluding hydrogens is 887 g/mol. The largest absolute Gasteiger partial charge is 0.474 e. The van der Waals surface area contributed by atoms with Crippen LogP contribution in [-0.4, -0.2) is 105 Å². The Kier molecular flexibility index (Phi) is 12.5. The van der Waals surface area contributed by atoms with Gasteiger partial charge < -0.3 is 29.6 Å². The molecule has 3 aromatic carbocycles. The number of hydrogen-bond acceptors (Lipinski definition) is 12. The third kappa shape index (κ3) is 9.57. The molecule has 2 aromatic heterocycles. The number of fused-ring (bicyclic) bond motifs is 2. The van der Waals surface area contributed by atoms with E-state index in [9.17, 15) is 23.3 Å². The number of sulfonamides is 1. The van der Waals surface area contributed by atoms with Crippen molar-refractivity contribution in [3.05, 3.63) is 111 Å². The average molecular weight is 942 g/mol. The molecule has 3 N–H and O–H groups in total. The second-order valence-electron chi connectivity index (χ2n) is 18.6. The smallest absolute Gasteiger partial charge is 0.293 e. The van der Waals surface area contributed by atoms with Crippen LogP contribution in [0, 0.1) is 15.5 Å². The highest BCUT2D eigenvalue weighted by Crippen LogP contribution is 2.45. The summed E-state index contributed by atoms with van der Waals surface area (Å²) in [7, 11) is -4.66. The summed E-state index contributed by atoms with van der Waals surface area (Å²) < 4.78 is 56.7. The topological polar surface area (TPSA) is 175 Å². The van der Waals surface area contributed by atoms with Crippen LogP contribution in [0.4, 0.5) is 32.8 Å². The summed E-state index contributed by atoms with van der Waals surface area (Å²) in [5.41, 5.74) is 4.65. The van der Waals surface area contributed by atoms with Gasteiger partial charge in [-0.25, -0.2) is 17.5 Å². The number of aromatic amines is 1. The van der Waals surface area contributed by atoms with Crippen molar-refractivity contribution in [3.8, 4) is 5.88 Å². The normalized spacial score (nSPS) is 19.9. The molecule has 0 bridgehead atoms. The molecule has 0 saturated carbocycles. The van der Waals surface area contributed by atoms with Crippen LogP contribution in [0.25, 0.3) is 16.6 Å². The second kappa shape index (κ2) is 18.1. The SMILES string of the molecule is CC1COc2nc3[nH]ccc3cc2N1c1cc(N2CCN(CC3=C(c4ccc(Cl)cc4)CC(C)(C)CC3)CC2)ccc1C(=O)NS(=O)(=O)c1ccc(NCC2(F)CCOCC2)c([N+](=O)[O-])c1. The molecule has 1 aliphatic carbocycles. The molecule has 348 valence electrons. The number of carbonyl (C=O) groups excluding carboxylic acids is 1. The minimum atomic E-state index is -4.66. The van der Waals surface area contributed by atoms with E-state index in [2.05, 4.69) is 50.8 Å². The van der Waals surface area contributed by atoms with Gasteiger partial charge in [-0.15, -0.1) is 0 Å². The molecule has 18 heteroatoms. The van der Waals surface area contributed by atoms with E-state index >= 15 is 4.39 Å². The fraction of sp³-hybridized carbons (Fsp3) is 0.417. The Morgan fingerprint density at radius 3 is 2.50 bits per heavy atom. The number of halogens is 2. The van der Waals surface area contributed by atoms with Crippen molar-refractivity contribution in [3.63, 3.8) is 0 Å². The van der Waals surface area contributed by atoms with Gasteiger partial charge in [0.2, 0.25) is 5.88 Å². The second-order valence-corrected chi connectivity index (χ2v) is 20.8. The summed E-state index contributed by atoms with van der Waals surface area (Å²) in [6.45, 7) is 11.0. The average Bonchev–Trinajstić information content (AvgIpc) is 3.76. The van der Waals surface area contributed by atoms with Crippen molar-refractivity contribution in [2.24, 2.45) is 5.41 Å². The maximum atomic E-state index is 15.3. The Hall–Kier alpha value is -5.75. The lowest BCUT2D eigenvalue weighted by Crippen LogP contribution is -2.47. The molecule has 1 amide bonds. The molecule has 2 saturated heterocycles. The van der Waals surface area contributed by atoms with E-state index < -0.39 is 37.1 Å². The maximum absolute atomic E-state index is 15.3. The Morgan fingerprint density at radius 2 is 1.76 bits per heavy atom. The third-order valence-electron chi connectivity index (χ3n) is 13.3.